The number of hydrogen-bond acceptors (Lipinski definition) is 29. The molecule has 0 radical (unpaired) electrons. The minimum atomic E-state index is -0.747. The van der Waals surface area contributed by atoms with Crippen molar-refractivity contribution in [1.29, 1.82) is 0 Å². The Balaban J connectivity index is 0.000000346. The third-order valence-electron chi connectivity index (χ3n) is 20.3. The first-order valence-electron chi connectivity index (χ1n) is 39.6. The maximum atomic E-state index is 12.9. The smallest absolute Gasteiger partial charge is 0.293 e. The van der Waals surface area contributed by atoms with Crippen LogP contribution >= 0.6 is 0 Å². The fourth-order valence-corrected chi connectivity index (χ4v) is 12.7. The lowest BCUT2D eigenvalue weighted by Crippen LogP contribution is -2.45. The van der Waals surface area contributed by atoms with E-state index in [1.807, 2.05) is 38.5 Å². The van der Waals surface area contributed by atoms with Crippen LogP contribution in [-0.2, 0) is 56.4 Å². The van der Waals surface area contributed by atoms with Crippen LogP contribution in [0.1, 0.15) is 89.8 Å². The largest absolute Gasteiger partial charge is 0.502 e. The molecule has 126 heavy (non-hydrogen) atoms. The van der Waals surface area contributed by atoms with E-state index in [0.29, 0.717) is 39.3 Å². The van der Waals surface area contributed by atoms with Crippen LogP contribution < -0.4 is 87.0 Å². The average molecular weight is 1760 g/mol. The van der Waals surface area contributed by atoms with Crippen LogP contribution in [0.25, 0.3) is 0 Å². The van der Waals surface area contributed by atoms with E-state index in [4.69, 9.17) is 0 Å². The number of aryl methyl sites for hydroxylation is 8. The van der Waals surface area contributed by atoms with Crippen molar-refractivity contribution in [1.82, 2.24) is 104 Å². The highest BCUT2D eigenvalue weighted by atomic mass is 16.3. The first-order valence-corrected chi connectivity index (χ1v) is 39.6. The first kappa shape index (κ1) is 98.7. The van der Waals surface area contributed by atoms with E-state index in [2.05, 4.69) is 42.5 Å². The quantitative estimate of drug-likeness (QED) is 0.0170. The molecule has 8 amide bonds. The fourth-order valence-electron chi connectivity index (χ4n) is 12.7. The van der Waals surface area contributed by atoms with Crippen LogP contribution in [0.4, 0.5) is 0 Å². The summed E-state index contributed by atoms with van der Waals surface area (Å²) >= 11 is 0. The number of nitrogens with zero attached hydrogens (tertiary/aromatic N) is 13. The first-order chi connectivity index (χ1) is 59.6. The normalized spacial score (nSPS) is 11.2. The number of likely N-dealkylation sites (N-methyl/N-ethyl adjacent to an activating group) is 1. The topological polar surface area (TPSA) is 587 Å². The summed E-state index contributed by atoms with van der Waals surface area (Å²) in [5, 5.41) is 103. The van der Waals surface area contributed by atoms with Crippen LogP contribution in [-0.4, -0.2) is 300 Å². The fraction of sp³-hybridized carbons (Fsp3) is 0.407. The number of aromatic hydroxyl groups is 8. The Morgan fingerprint density at radius 2 is 0.381 bits per heavy atom. The van der Waals surface area contributed by atoms with Gasteiger partial charge in [-0.15, -0.1) is 0 Å². The van der Waals surface area contributed by atoms with Crippen molar-refractivity contribution < 1.29 is 79.2 Å². The zero-order valence-corrected chi connectivity index (χ0v) is 71.3. The summed E-state index contributed by atoms with van der Waals surface area (Å²) in [4.78, 5) is 210. The van der Waals surface area contributed by atoms with Crippen molar-refractivity contribution >= 4 is 47.3 Å². The third-order valence-corrected chi connectivity index (χ3v) is 20.3. The molecule has 0 unspecified atom stereocenters. The minimum Gasteiger partial charge on any atom is -0.502 e. The van der Waals surface area contributed by atoms with Gasteiger partial charge < -0.3 is 125 Å². The van der Waals surface area contributed by atoms with E-state index in [-0.39, 0.29) is 155 Å². The molecule has 45 heteroatoms. The SMILES string of the molecule is CC(CN(CCNC(=O)c1ccn(C)c(=O)c1O)CCNC(=O)c1ccn(C)c(=O)c1O)CN(CCNC(=O)c1ccn(C)c(=O)c1O)CCNC(=O)c1ccn(C)c(=O)c1O.CN(CCN(CCNC(=O)c1ccn(C)c(=O)c1O)CCNC(=O)c1ccn(C)c(=O)c1O)CCN(CCNC(=O)c1ccn(C)c(=O)c1O)CCNC(=O)c1ccn(C)c(=O)c1O. The lowest BCUT2D eigenvalue weighted by molar-refractivity contribution is 0.0920. The monoisotopic (exact) mass is 1760 g/mol. The van der Waals surface area contributed by atoms with Crippen molar-refractivity contribution in [2.45, 2.75) is 6.92 Å². The summed E-state index contributed by atoms with van der Waals surface area (Å²) in [6, 6.07) is 10.5. The molecule has 8 aromatic heterocycles. The maximum absolute atomic E-state index is 12.9. The molecule has 8 aromatic rings. The summed E-state index contributed by atoms with van der Waals surface area (Å²) in [5.41, 5.74) is -7.51. The second-order valence-corrected chi connectivity index (χ2v) is 29.7. The van der Waals surface area contributed by atoms with Gasteiger partial charge in [0.15, 0.2) is 46.0 Å². The molecule has 0 aliphatic carbocycles. The highest BCUT2D eigenvalue weighted by Crippen LogP contribution is 2.18. The molecule has 0 atom stereocenters. The van der Waals surface area contributed by atoms with Crippen molar-refractivity contribution in [2.75, 3.05) is 151 Å². The molecule has 0 aromatic carbocycles. The van der Waals surface area contributed by atoms with Gasteiger partial charge in [-0.05, 0) is 61.5 Å². The van der Waals surface area contributed by atoms with E-state index in [9.17, 15) is 118 Å². The van der Waals surface area contributed by atoms with Crippen LogP contribution in [0, 0.1) is 5.92 Å². The molecule has 0 spiro atoms. The zero-order chi connectivity index (χ0) is 93.1. The predicted molar refractivity (Wildman–Crippen MR) is 458 cm³/mol. The molecule has 0 saturated heterocycles. The van der Waals surface area contributed by atoms with Crippen molar-refractivity contribution in [3.8, 4) is 46.0 Å². The molecule has 8 heterocycles. The Hall–Kier alpha value is -14.4. The van der Waals surface area contributed by atoms with Gasteiger partial charge in [-0.1, -0.05) is 6.92 Å². The van der Waals surface area contributed by atoms with Gasteiger partial charge in [-0.25, -0.2) is 0 Å². The summed E-state index contributed by atoms with van der Waals surface area (Å²) in [5.74, 6) is -11.2. The molecule has 0 bridgehead atoms. The van der Waals surface area contributed by atoms with Crippen LogP contribution in [0.3, 0.4) is 0 Å². The van der Waals surface area contributed by atoms with E-state index < -0.39 is 138 Å². The number of carbonyl (C=O) groups excluding carboxylic acids is 8. The number of nitrogens with one attached hydrogen (secondary N) is 8. The number of pyridine rings is 8. The van der Waals surface area contributed by atoms with Gasteiger partial charge in [0, 0.05) is 250 Å². The average Bonchev–Trinajstić information content (AvgIpc) is 0.866. The zero-order valence-electron chi connectivity index (χ0n) is 71.3. The number of hydrogen-bond donors (Lipinski definition) is 16. The second kappa shape index (κ2) is 46.2. The Labute approximate surface area is 718 Å². The Morgan fingerprint density at radius 3 is 0.524 bits per heavy atom. The van der Waals surface area contributed by atoms with Crippen LogP contribution in [0.2, 0.25) is 0 Å². The summed E-state index contributed by atoms with van der Waals surface area (Å²) < 4.78 is 9.02. The van der Waals surface area contributed by atoms with Gasteiger partial charge in [0.25, 0.3) is 91.7 Å². The highest BCUT2D eigenvalue weighted by molar-refractivity contribution is 6.00. The second-order valence-electron chi connectivity index (χ2n) is 29.7. The molecule has 0 aliphatic heterocycles. The van der Waals surface area contributed by atoms with Crippen molar-refractivity contribution in [2.24, 2.45) is 62.3 Å². The predicted octanol–water partition coefficient (Wildman–Crippen LogP) is -5.58. The van der Waals surface area contributed by atoms with Gasteiger partial charge in [0.05, 0.1) is 44.5 Å². The van der Waals surface area contributed by atoms with E-state index >= 15 is 0 Å². The van der Waals surface area contributed by atoms with Gasteiger partial charge in [0.1, 0.15) is 0 Å². The van der Waals surface area contributed by atoms with Crippen molar-refractivity contribution in [3.05, 3.63) is 225 Å². The molecular formula is C81H107N21O24. The van der Waals surface area contributed by atoms with Gasteiger partial charge in [-0.2, -0.15) is 0 Å². The van der Waals surface area contributed by atoms with Gasteiger partial charge in [-0.3, -0.25) is 96.3 Å². The van der Waals surface area contributed by atoms with Gasteiger partial charge in [0.2, 0.25) is 0 Å². The molecule has 680 valence electrons. The highest BCUT2D eigenvalue weighted by Gasteiger charge is 2.26. The van der Waals surface area contributed by atoms with Gasteiger partial charge >= 0.3 is 0 Å². The minimum absolute atomic E-state index is 0.0519. The van der Waals surface area contributed by atoms with Crippen molar-refractivity contribution in [3.63, 3.8) is 0 Å². The summed E-state index contributed by atoms with van der Waals surface area (Å²) in [7, 11) is 13.3. The van der Waals surface area contributed by atoms with E-state index in [0.717, 1.165) is 36.5 Å². The molecule has 0 aliphatic rings. The Morgan fingerprint density at radius 1 is 0.246 bits per heavy atom. The third kappa shape index (κ3) is 26.8. The lowest BCUT2D eigenvalue weighted by Gasteiger charge is -2.30. The maximum Gasteiger partial charge on any atom is 0.293 e. The number of carbonyl (C=O) groups is 8. The number of rotatable bonds is 42. The van der Waals surface area contributed by atoms with Crippen LogP contribution in [0.15, 0.2) is 136 Å². The van der Waals surface area contributed by atoms with E-state index in [1.165, 1.54) is 154 Å². The number of aromatic nitrogens is 8. The summed E-state index contributed by atoms with van der Waals surface area (Å²) in [6.07, 6.45) is 10.8. The molecule has 8 rings (SSSR count). The lowest BCUT2D eigenvalue weighted by atomic mass is 10.1. The van der Waals surface area contributed by atoms with Crippen LogP contribution in [0.5, 0.6) is 46.0 Å². The Kier molecular flexibility index (Phi) is 36.1. The summed E-state index contributed by atoms with van der Waals surface area (Å²) in [6.45, 7) is 6.98. The molecule has 0 saturated carbocycles. The molecule has 45 nitrogen and oxygen atoms in total. The van der Waals surface area contributed by atoms with E-state index in [1.54, 1.807) is 0 Å². The Bertz CT molecular complexity index is 5150. The number of amides is 8. The molecular weight excluding hydrogens is 1650 g/mol. The molecule has 16 N–H and O–H groups in total. The molecule has 0 fully saturated rings. The standard InChI is InChI=1S/C41H55N11O12.C40H52N10O12/c1-46(22-24-51(18-10-42-34(57)26-6-14-47(2)38(61)30(26)53)19-11-43-35(58)27-7-15-48(3)39(62)31(27)54)23-25-52(20-12-44-36(59)28-8-16-49(4)40(63)32(28)55)21-13-45-37(60)29-9-17-50(5)41(64)33(29)56;1-24(22-49(18-10-41-33(55)25-6-14-45(2)37(59)29(25)51)19-11-42-34(56)26-7-15-46(3)38(60)30(26)52)23-50(20-12-43-35(57)27-8-16-47(4)39(61)31(27)53)21-13-44-36(58)28-9-17-48(5)40(62)32(28)54/h6-9,14-17,53-56H,10-13,18-25H2,1-5H3,(H,42,57)(H,43,58)(H,44,59)(H,45,60);6-9,14-17,24,51-54H,10-13,18-23H2,1-5H3,(H,41,55)(H,42,56)(H,43,57)(H,44,58).